The Morgan fingerprint density at radius 2 is 2.25 bits per heavy atom. The Kier molecular flexibility index (Phi) is 5.43. The van der Waals surface area contributed by atoms with Gasteiger partial charge in [0.1, 0.15) is 0 Å². The summed E-state index contributed by atoms with van der Waals surface area (Å²) in [7, 11) is 0. The molecule has 0 bridgehead atoms. The molecule has 0 radical (unpaired) electrons. The van der Waals surface area contributed by atoms with E-state index in [9.17, 15) is 4.79 Å². The first-order chi connectivity index (χ1) is 11.6. The number of likely N-dealkylation sites (tertiary alicyclic amines) is 1. The van der Waals surface area contributed by atoms with Gasteiger partial charge >= 0.3 is 0 Å². The van der Waals surface area contributed by atoms with E-state index in [-0.39, 0.29) is 11.5 Å². The summed E-state index contributed by atoms with van der Waals surface area (Å²) in [4.78, 5) is 22.0. The third kappa shape index (κ3) is 4.10. The molecule has 24 heavy (non-hydrogen) atoms. The van der Waals surface area contributed by atoms with E-state index in [0.717, 1.165) is 55.0 Å². The van der Waals surface area contributed by atoms with Crippen LogP contribution < -0.4 is 5.43 Å². The van der Waals surface area contributed by atoms with Gasteiger partial charge in [-0.05, 0) is 45.4 Å². The topological polar surface area (TPSA) is 58.2 Å². The van der Waals surface area contributed by atoms with Crippen molar-refractivity contribution in [3.8, 4) is 0 Å². The summed E-state index contributed by atoms with van der Waals surface area (Å²) in [5.74, 6) is 0. The van der Waals surface area contributed by atoms with Crippen LogP contribution in [0, 0.1) is 13.8 Å². The summed E-state index contributed by atoms with van der Waals surface area (Å²) in [6.45, 7) is 7.00. The van der Waals surface area contributed by atoms with Crippen LogP contribution in [0.25, 0.3) is 0 Å². The summed E-state index contributed by atoms with van der Waals surface area (Å²) >= 11 is 0. The van der Waals surface area contributed by atoms with Crippen molar-refractivity contribution in [3.05, 3.63) is 63.3 Å². The van der Waals surface area contributed by atoms with E-state index in [4.69, 9.17) is 4.74 Å². The molecule has 5 nitrogen and oxygen atoms in total. The Morgan fingerprint density at radius 1 is 1.38 bits per heavy atom. The molecule has 0 aliphatic carbocycles. The van der Waals surface area contributed by atoms with E-state index >= 15 is 0 Å². The van der Waals surface area contributed by atoms with Crippen LogP contribution in [0.2, 0.25) is 0 Å². The van der Waals surface area contributed by atoms with Gasteiger partial charge in [0.15, 0.2) is 5.43 Å². The van der Waals surface area contributed by atoms with Gasteiger partial charge in [-0.25, -0.2) is 0 Å². The molecular formula is C19H25N3O2. The minimum absolute atomic E-state index is 0.142. The van der Waals surface area contributed by atoms with Crippen LogP contribution in [0.5, 0.6) is 0 Å². The summed E-state index contributed by atoms with van der Waals surface area (Å²) in [6, 6.07) is 5.88. The number of aromatic amines is 1. The molecule has 0 spiro atoms. The molecule has 1 saturated heterocycles. The van der Waals surface area contributed by atoms with E-state index in [1.807, 2.05) is 38.2 Å². The van der Waals surface area contributed by atoms with Crippen molar-refractivity contribution in [1.29, 1.82) is 0 Å². The van der Waals surface area contributed by atoms with Crippen molar-refractivity contribution < 1.29 is 4.74 Å². The van der Waals surface area contributed by atoms with Gasteiger partial charge in [0.05, 0.1) is 18.4 Å². The standard InChI is InChI=1S/C19H25N3O2/c1-14-10-21-18(15(2)19(14)23)12-22-9-5-7-17(11-22)24-13-16-6-3-4-8-20-16/h3-4,6,8,10,17H,5,7,9,11-13H2,1-2H3,(H,21,23). The number of H-pyrrole nitrogens is 1. The Morgan fingerprint density at radius 3 is 3.04 bits per heavy atom. The Hall–Kier alpha value is -1.98. The predicted octanol–water partition coefficient (Wildman–Crippen LogP) is 2.57. The summed E-state index contributed by atoms with van der Waals surface area (Å²) < 4.78 is 6.03. The summed E-state index contributed by atoms with van der Waals surface area (Å²) in [5, 5.41) is 0. The SMILES string of the molecule is Cc1c[nH]c(CN2CCCC(OCc3ccccn3)C2)c(C)c1=O. The van der Waals surface area contributed by atoms with Crippen LogP contribution in [-0.4, -0.2) is 34.1 Å². The van der Waals surface area contributed by atoms with Crippen LogP contribution in [0.1, 0.15) is 35.4 Å². The molecule has 5 heteroatoms. The maximum Gasteiger partial charge on any atom is 0.187 e. The van der Waals surface area contributed by atoms with Crippen molar-refractivity contribution in [2.24, 2.45) is 0 Å². The number of pyridine rings is 2. The second-order valence-corrected chi connectivity index (χ2v) is 6.54. The number of nitrogens with one attached hydrogen (secondary N) is 1. The molecule has 3 rings (SSSR count). The van der Waals surface area contributed by atoms with Gasteiger partial charge in [-0.2, -0.15) is 0 Å². The molecule has 1 fully saturated rings. The third-order valence-corrected chi connectivity index (χ3v) is 4.65. The first kappa shape index (κ1) is 16.9. The molecule has 1 N–H and O–H groups in total. The average molecular weight is 327 g/mol. The highest BCUT2D eigenvalue weighted by atomic mass is 16.5. The lowest BCUT2D eigenvalue weighted by Crippen LogP contribution is -2.39. The van der Waals surface area contributed by atoms with Crippen LogP contribution >= 0.6 is 0 Å². The first-order valence-corrected chi connectivity index (χ1v) is 8.55. The number of aryl methyl sites for hydroxylation is 1. The number of nitrogens with zero attached hydrogens (tertiary/aromatic N) is 2. The van der Waals surface area contributed by atoms with Crippen LogP contribution in [0.3, 0.4) is 0 Å². The lowest BCUT2D eigenvalue weighted by Gasteiger charge is -2.32. The molecule has 3 heterocycles. The highest BCUT2D eigenvalue weighted by molar-refractivity contribution is 5.23. The van der Waals surface area contributed by atoms with Gasteiger partial charge < -0.3 is 9.72 Å². The summed E-state index contributed by atoms with van der Waals surface area (Å²) in [5.41, 5.74) is 3.71. The average Bonchev–Trinajstić information content (AvgIpc) is 2.62. The van der Waals surface area contributed by atoms with E-state index < -0.39 is 0 Å². The number of hydrogen-bond donors (Lipinski definition) is 1. The number of hydrogen-bond acceptors (Lipinski definition) is 4. The Labute approximate surface area is 142 Å². The molecule has 1 aliphatic heterocycles. The van der Waals surface area contributed by atoms with E-state index in [2.05, 4.69) is 14.9 Å². The van der Waals surface area contributed by atoms with Gasteiger partial charge in [-0.1, -0.05) is 6.07 Å². The third-order valence-electron chi connectivity index (χ3n) is 4.65. The van der Waals surface area contributed by atoms with Crippen molar-refractivity contribution in [2.75, 3.05) is 13.1 Å². The maximum absolute atomic E-state index is 12.1. The highest BCUT2D eigenvalue weighted by Gasteiger charge is 2.21. The van der Waals surface area contributed by atoms with Gasteiger partial charge in [0, 0.05) is 42.3 Å². The predicted molar refractivity (Wildman–Crippen MR) is 93.9 cm³/mol. The van der Waals surface area contributed by atoms with Crippen LogP contribution in [0.4, 0.5) is 0 Å². The molecular weight excluding hydrogens is 302 g/mol. The molecule has 2 aromatic heterocycles. The van der Waals surface area contributed by atoms with Crippen molar-refractivity contribution in [2.45, 2.75) is 45.9 Å². The second-order valence-electron chi connectivity index (χ2n) is 6.54. The molecule has 0 aromatic carbocycles. The zero-order chi connectivity index (χ0) is 16.9. The smallest absolute Gasteiger partial charge is 0.187 e. The molecule has 0 saturated carbocycles. The minimum Gasteiger partial charge on any atom is -0.371 e. The monoisotopic (exact) mass is 327 g/mol. The number of rotatable bonds is 5. The highest BCUT2D eigenvalue weighted by Crippen LogP contribution is 2.17. The molecule has 128 valence electrons. The lowest BCUT2D eigenvalue weighted by atomic mass is 10.1. The Balaban J connectivity index is 1.58. The van der Waals surface area contributed by atoms with Crippen molar-refractivity contribution in [1.82, 2.24) is 14.9 Å². The largest absolute Gasteiger partial charge is 0.371 e. The molecule has 1 aliphatic rings. The molecule has 1 atom stereocenters. The van der Waals surface area contributed by atoms with E-state index in [1.165, 1.54) is 0 Å². The fourth-order valence-corrected chi connectivity index (χ4v) is 3.17. The fourth-order valence-electron chi connectivity index (χ4n) is 3.17. The zero-order valence-electron chi connectivity index (χ0n) is 14.4. The maximum atomic E-state index is 12.1. The van der Waals surface area contributed by atoms with Crippen molar-refractivity contribution in [3.63, 3.8) is 0 Å². The minimum atomic E-state index is 0.142. The molecule has 2 aromatic rings. The van der Waals surface area contributed by atoms with Gasteiger partial charge in [0.25, 0.3) is 0 Å². The second kappa shape index (κ2) is 7.73. The normalized spacial score (nSPS) is 18.7. The van der Waals surface area contributed by atoms with Crippen LogP contribution in [0.15, 0.2) is 35.4 Å². The van der Waals surface area contributed by atoms with E-state index in [0.29, 0.717) is 6.61 Å². The van der Waals surface area contributed by atoms with Gasteiger partial charge in [-0.3, -0.25) is 14.7 Å². The zero-order valence-corrected chi connectivity index (χ0v) is 14.4. The van der Waals surface area contributed by atoms with Gasteiger partial charge in [0.2, 0.25) is 0 Å². The Bertz CT molecular complexity index is 727. The molecule has 1 unspecified atom stereocenters. The van der Waals surface area contributed by atoms with Gasteiger partial charge in [-0.15, -0.1) is 0 Å². The quantitative estimate of drug-likeness (QED) is 0.917. The molecule has 0 amide bonds. The summed E-state index contributed by atoms with van der Waals surface area (Å²) in [6.07, 6.45) is 6.01. The number of piperidine rings is 1. The number of aromatic nitrogens is 2. The van der Waals surface area contributed by atoms with Crippen molar-refractivity contribution >= 4 is 0 Å². The van der Waals surface area contributed by atoms with Crippen LogP contribution in [-0.2, 0) is 17.9 Å². The number of ether oxygens (including phenoxy) is 1. The fraction of sp³-hybridized carbons (Fsp3) is 0.474. The first-order valence-electron chi connectivity index (χ1n) is 8.55. The van der Waals surface area contributed by atoms with E-state index in [1.54, 1.807) is 6.20 Å². The lowest BCUT2D eigenvalue weighted by molar-refractivity contribution is -0.0135.